The Kier molecular flexibility index (Phi) is 5.83. The summed E-state index contributed by atoms with van der Waals surface area (Å²) in [5.41, 5.74) is 2.51. The van der Waals surface area contributed by atoms with Crippen molar-refractivity contribution in [1.82, 2.24) is 9.55 Å². The van der Waals surface area contributed by atoms with Crippen molar-refractivity contribution >= 4 is 25.0 Å². The minimum Gasteiger partial charge on any atom is -0.383 e. The summed E-state index contributed by atoms with van der Waals surface area (Å²) in [6.07, 6.45) is 2.42. The van der Waals surface area contributed by atoms with Crippen molar-refractivity contribution in [3.8, 4) is 0 Å². The molecule has 0 bridgehead atoms. The van der Waals surface area contributed by atoms with Gasteiger partial charge in [0.2, 0.25) is 5.57 Å². The molecular weight excluding hydrogens is 364 g/mol. The van der Waals surface area contributed by atoms with E-state index in [4.69, 9.17) is 22.1 Å². The number of nitrogens with two attached hydrogens (primary N) is 1. The Morgan fingerprint density at radius 2 is 2.33 bits per heavy atom. The van der Waals surface area contributed by atoms with Gasteiger partial charge in [-0.05, 0) is 25.0 Å². The molecule has 2 atom stereocenters. The van der Waals surface area contributed by atoms with Crippen LogP contribution in [0.3, 0.4) is 0 Å². The summed E-state index contributed by atoms with van der Waals surface area (Å²) in [5, 5.41) is 0. The number of aromatic nitrogens is 2. The average molecular weight is 382 g/mol. The predicted molar refractivity (Wildman–Crippen MR) is 86.5 cm³/mol. The molecule has 2 N–H and O–H groups in total. The highest BCUT2D eigenvalue weighted by atomic mass is 35.5. The summed E-state index contributed by atoms with van der Waals surface area (Å²) in [6.45, 7) is 0. The number of alkyl halides is 1. The van der Waals surface area contributed by atoms with E-state index in [-0.39, 0.29) is 11.7 Å². The van der Waals surface area contributed by atoms with E-state index in [1.807, 2.05) is 0 Å². The summed E-state index contributed by atoms with van der Waals surface area (Å²) in [6, 6.07) is 1.45. The maximum absolute atomic E-state index is 14.3. The smallest absolute Gasteiger partial charge is 0.383 e. The number of nitrogens with zero attached hydrogens (tertiary/aromatic N) is 2. The molecule has 2 heterocycles. The number of anilines is 1. The maximum Gasteiger partial charge on any atom is 0.388 e. The van der Waals surface area contributed by atoms with Crippen molar-refractivity contribution in [3.05, 3.63) is 34.4 Å². The van der Waals surface area contributed by atoms with E-state index in [1.165, 1.54) is 16.8 Å². The molecule has 11 heteroatoms. The van der Waals surface area contributed by atoms with Crippen LogP contribution in [-0.4, -0.2) is 35.3 Å². The third kappa shape index (κ3) is 3.70. The molecule has 1 aliphatic rings. The molecule has 1 saturated heterocycles. The summed E-state index contributed by atoms with van der Waals surface area (Å²) in [7, 11) is -1.88. The van der Waals surface area contributed by atoms with E-state index in [1.54, 1.807) is 0 Å². The zero-order chi connectivity index (χ0) is 18.0. The lowest BCUT2D eigenvalue weighted by Gasteiger charge is -2.25. The monoisotopic (exact) mass is 381 g/mol. The van der Waals surface area contributed by atoms with Crippen LogP contribution < -0.4 is 11.4 Å². The molecule has 0 saturated carbocycles. The molecule has 1 aromatic heterocycles. The lowest BCUT2D eigenvalue weighted by molar-refractivity contribution is -0.0336. The molecule has 0 aromatic carbocycles. The molecule has 0 spiro atoms. The van der Waals surface area contributed by atoms with Gasteiger partial charge in [0, 0.05) is 20.4 Å². The van der Waals surface area contributed by atoms with E-state index in [0.717, 1.165) is 20.3 Å². The van der Waals surface area contributed by atoms with Gasteiger partial charge >= 0.3 is 13.3 Å². The summed E-state index contributed by atoms with van der Waals surface area (Å²) >= 11 is 5.93. The topological polar surface area (TPSA) is 106 Å². The van der Waals surface area contributed by atoms with Crippen molar-refractivity contribution in [1.29, 1.82) is 0 Å². The van der Waals surface area contributed by atoms with Crippen LogP contribution in [0, 0.1) is 0 Å². The van der Waals surface area contributed by atoms with E-state index in [2.05, 4.69) is 14.0 Å². The first kappa shape index (κ1) is 19.1. The highest BCUT2D eigenvalue weighted by Gasteiger charge is 2.42. The standard InChI is InChI=1S/C13H18ClFN3O5P/c1-21-24(20,22-2)9(15)7-13(8-14)5-3-11(23-13)18-6-4-10(16)17-12(18)19/h4,6-7,11H,3,5,8H2,1-2H3,(H2,16,17,19)/b9-7+/t11-,13+/m1/s1. The van der Waals surface area contributed by atoms with Gasteiger partial charge in [-0.1, -0.05) is 0 Å². The molecule has 0 unspecified atom stereocenters. The molecule has 0 amide bonds. The minimum atomic E-state index is -4.03. The molecule has 0 radical (unpaired) electrons. The Bertz CT molecular complexity index is 735. The highest BCUT2D eigenvalue weighted by Crippen LogP contribution is 2.56. The van der Waals surface area contributed by atoms with Crippen LogP contribution >= 0.6 is 19.2 Å². The number of hydrogen-bond acceptors (Lipinski definition) is 7. The fourth-order valence-corrected chi connectivity index (χ4v) is 3.55. The lowest BCUT2D eigenvalue weighted by atomic mass is 10.0. The first-order chi connectivity index (χ1) is 11.3. The van der Waals surface area contributed by atoms with Gasteiger partial charge in [-0.25, -0.2) is 4.79 Å². The molecule has 24 heavy (non-hydrogen) atoms. The van der Waals surface area contributed by atoms with Gasteiger partial charge in [-0.3, -0.25) is 9.13 Å². The molecule has 2 rings (SSSR count). The van der Waals surface area contributed by atoms with Gasteiger partial charge in [0.25, 0.3) is 0 Å². The number of nitrogen functional groups attached to an aromatic ring is 1. The van der Waals surface area contributed by atoms with E-state index in [9.17, 15) is 13.8 Å². The van der Waals surface area contributed by atoms with Crippen molar-refractivity contribution in [2.24, 2.45) is 0 Å². The molecule has 1 aliphatic heterocycles. The van der Waals surface area contributed by atoms with E-state index in [0.29, 0.717) is 12.8 Å². The normalized spacial score (nSPS) is 25.2. The Morgan fingerprint density at radius 3 is 2.88 bits per heavy atom. The van der Waals surface area contributed by atoms with Crippen LogP contribution in [0.25, 0.3) is 0 Å². The SMILES string of the molecule is COP(=O)(OC)/C(F)=C/[C@]1(CCl)CC[C@H](n2ccc(N)nc2=O)O1. The first-order valence-corrected chi connectivity index (χ1v) is 9.06. The molecular formula is C13H18ClFN3O5P. The first-order valence-electron chi connectivity index (χ1n) is 6.98. The largest absolute Gasteiger partial charge is 0.388 e. The zero-order valence-corrected chi connectivity index (χ0v) is 14.8. The quantitative estimate of drug-likeness (QED) is 0.595. The summed E-state index contributed by atoms with van der Waals surface area (Å²) in [4.78, 5) is 15.5. The minimum absolute atomic E-state index is 0.0879. The fraction of sp³-hybridized carbons (Fsp3) is 0.538. The highest BCUT2D eigenvalue weighted by molar-refractivity contribution is 7.58. The molecule has 0 aliphatic carbocycles. The van der Waals surface area contributed by atoms with Gasteiger partial charge < -0.3 is 19.5 Å². The van der Waals surface area contributed by atoms with Gasteiger partial charge in [-0.15, -0.1) is 11.6 Å². The Morgan fingerprint density at radius 1 is 1.67 bits per heavy atom. The number of ether oxygens (including phenoxy) is 1. The van der Waals surface area contributed by atoms with Crippen LogP contribution in [0.1, 0.15) is 19.1 Å². The van der Waals surface area contributed by atoms with E-state index < -0.39 is 30.7 Å². The lowest BCUT2D eigenvalue weighted by Crippen LogP contribution is -2.32. The Hall–Kier alpha value is -1.25. The third-order valence-electron chi connectivity index (χ3n) is 3.70. The second-order valence-corrected chi connectivity index (χ2v) is 7.60. The molecule has 1 aromatic rings. The number of halogens is 2. The van der Waals surface area contributed by atoms with Crippen LogP contribution in [0.15, 0.2) is 28.7 Å². The van der Waals surface area contributed by atoms with Gasteiger partial charge in [0.1, 0.15) is 17.6 Å². The van der Waals surface area contributed by atoms with E-state index >= 15 is 0 Å². The molecule has 134 valence electrons. The predicted octanol–water partition coefficient (Wildman–Crippen LogP) is 2.41. The number of hydrogen-bond donors (Lipinski definition) is 1. The molecule has 8 nitrogen and oxygen atoms in total. The van der Waals surface area contributed by atoms with Gasteiger partial charge in [0.05, 0.1) is 5.88 Å². The zero-order valence-electron chi connectivity index (χ0n) is 13.1. The second kappa shape index (κ2) is 7.33. The molecule has 1 fully saturated rings. The third-order valence-corrected chi connectivity index (χ3v) is 5.76. The summed E-state index contributed by atoms with van der Waals surface area (Å²) < 4.78 is 42.6. The van der Waals surface area contributed by atoms with Crippen molar-refractivity contribution in [3.63, 3.8) is 0 Å². The van der Waals surface area contributed by atoms with Crippen LogP contribution in [-0.2, 0) is 18.3 Å². The Labute approximate surface area is 142 Å². The van der Waals surface area contributed by atoms with Crippen LogP contribution in [0.4, 0.5) is 10.2 Å². The second-order valence-electron chi connectivity index (χ2n) is 5.18. The van der Waals surface area contributed by atoms with Gasteiger partial charge in [0.15, 0.2) is 0 Å². The fourth-order valence-electron chi connectivity index (χ4n) is 2.39. The van der Waals surface area contributed by atoms with Crippen LogP contribution in [0.5, 0.6) is 0 Å². The average Bonchev–Trinajstić information content (AvgIpc) is 2.98. The van der Waals surface area contributed by atoms with Crippen LogP contribution in [0.2, 0.25) is 0 Å². The van der Waals surface area contributed by atoms with Gasteiger partial charge in [-0.2, -0.15) is 9.37 Å². The Balaban J connectivity index is 2.30. The van der Waals surface area contributed by atoms with Crippen molar-refractivity contribution < 1.29 is 22.7 Å². The van der Waals surface area contributed by atoms with Crippen molar-refractivity contribution in [2.45, 2.75) is 24.7 Å². The number of rotatable bonds is 6. The van der Waals surface area contributed by atoms with Crippen molar-refractivity contribution in [2.75, 3.05) is 25.8 Å². The summed E-state index contributed by atoms with van der Waals surface area (Å²) in [5.74, 6) is -0.0217. The maximum atomic E-state index is 14.3.